The first-order chi connectivity index (χ1) is 8.22. The number of rotatable bonds is 4. The van der Waals surface area contributed by atoms with E-state index < -0.39 is 12.1 Å². The molecule has 1 aromatic rings. The maximum atomic E-state index is 13.4. The van der Waals surface area contributed by atoms with Crippen LogP contribution in [0.3, 0.4) is 0 Å². The second kappa shape index (κ2) is 5.31. The Morgan fingerprint density at radius 1 is 1.65 bits per heavy atom. The third-order valence-corrected chi connectivity index (χ3v) is 3.46. The standard InChI is InChI=1S/C12H15BrFNO2/c1-2-17-11-10(5-9(13)6-15-11)12(7-14)3-4-16-8-12/h5-6H,2-4,7-8H2,1H3/t12-/m0/s1. The summed E-state index contributed by atoms with van der Waals surface area (Å²) in [7, 11) is 0. The van der Waals surface area contributed by atoms with Crippen LogP contribution < -0.4 is 4.74 Å². The molecule has 1 saturated heterocycles. The van der Waals surface area contributed by atoms with E-state index in [1.807, 2.05) is 13.0 Å². The highest BCUT2D eigenvalue weighted by molar-refractivity contribution is 9.10. The molecule has 0 aromatic carbocycles. The van der Waals surface area contributed by atoms with Gasteiger partial charge in [-0.3, -0.25) is 4.39 Å². The molecule has 1 aromatic heterocycles. The van der Waals surface area contributed by atoms with Crippen molar-refractivity contribution in [2.45, 2.75) is 18.8 Å². The lowest BCUT2D eigenvalue weighted by molar-refractivity contribution is 0.164. The van der Waals surface area contributed by atoms with E-state index in [2.05, 4.69) is 20.9 Å². The van der Waals surface area contributed by atoms with E-state index in [4.69, 9.17) is 9.47 Å². The highest BCUT2D eigenvalue weighted by Crippen LogP contribution is 2.39. The van der Waals surface area contributed by atoms with Crippen molar-refractivity contribution in [2.24, 2.45) is 0 Å². The molecule has 94 valence electrons. The zero-order chi connectivity index (χ0) is 12.3. The summed E-state index contributed by atoms with van der Waals surface area (Å²) in [6.07, 6.45) is 2.33. The molecule has 0 bridgehead atoms. The molecule has 0 aliphatic carbocycles. The smallest absolute Gasteiger partial charge is 0.217 e. The molecule has 1 aliphatic heterocycles. The first kappa shape index (κ1) is 12.8. The van der Waals surface area contributed by atoms with Gasteiger partial charge in [-0.2, -0.15) is 0 Å². The number of nitrogens with zero attached hydrogens (tertiary/aromatic N) is 1. The molecule has 0 radical (unpaired) electrons. The summed E-state index contributed by atoms with van der Waals surface area (Å²) >= 11 is 3.37. The van der Waals surface area contributed by atoms with E-state index in [-0.39, 0.29) is 0 Å². The van der Waals surface area contributed by atoms with Crippen molar-refractivity contribution in [3.8, 4) is 5.88 Å². The first-order valence-corrected chi connectivity index (χ1v) is 6.43. The van der Waals surface area contributed by atoms with Gasteiger partial charge >= 0.3 is 0 Å². The average Bonchev–Trinajstić information content (AvgIpc) is 2.81. The van der Waals surface area contributed by atoms with Crippen molar-refractivity contribution in [3.05, 3.63) is 22.3 Å². The van der Waals surface area contributed by atoms with Crippen LogP contribution in [0.5, 0.6) is 5.88 Å². The summed E-state index contributed by atoms with van der Waals surface area (Å²) in [6, 6.07) is 1.88. The third-order valence-electron chi connectivity index (χ3n) is 3.03. The van der Waals surface area contributed by atoms with Gasteiger partial charge in [0.15, 0.2) is 0 Å². The zero-order valence-electron chi connectivity index (χ0n) is 9.71. The number of alkyl halides is 1. The molecule has 0 spiro atoms. The molecule has 5 heteroatoms. The Morgan fingerprint density at radius 2 is 2.47 bits per heavy atom. The Hall–Kier alpha value is -0.680. The summed E-state index contributed by atoms with van der Waals surface area (Å²) in [5.74, 6) is 0.513. The number of hydrogen-bond acceptors (Lipinski definition) is 3. The summed E-state index contributed by atoms with van der Waals surface area (Å²) in [5.41, 5.74) is 0.204. The predicted molar refractivity (Wildman–Crippen MR) is 66.2 cm³/mol. The van der Waals surface area contributed by atoms with Crippen LogP contribution in [0.15, 0.2) is 16.7 Å². The SMILES string of the molecule is CCOc1ncc(Br)cc1[C@]1(CF)CCOC1. The normalized spacial score (nSPS) is 23.9. The summed E-state index contributed by atoms with van der Waals surface area (Å²) in [5, 5.41) is 0. The first-order valence-electron chi connectivity index (χ1n) is 5.64. The van der Waals surface area contributed by atoms with Crippen LogP contribution in [0.25, 0.3) is 0 Å². The van der Waals surface area contributed by atoms with Gasteiger partial charge in [-0.15, -0.1) is 0 Å². The Morgan fingerprint density at radius 3 is 3.06 bits per heavy atom. The van der Waals surface area contributed by atoms with Crippen molar-refractivity contribution in [2.75, 3.05) is 26.5 Å². The molecule has 0 amide bonds. The predicted octanol–water partition coefficient (Wildman–Crippen LogP) is 2.87. The van der Waals surface area contributed by atoms with Crippen molar-refractivity contribution in [3.63, 3.8) is 0 Å². The largest absolute Gasteiger partial charge is 0.478 e. The number of aromatic nitrogens is 1. The van der Waals surface area contributed by atoms with E-state index in [9.17, 15) is 4.39 Å². The lowest BCUT2D eigenvalue weighted by atomic mass is 9.81. The van der Waals surface area contributed by atoms with Crippen molar-refractivity contribution in [1.29, 1.82) is 0 Å². The number of halogens is 2. The highest BCUT2D eigenvalue weighted by Gasteiger charge is 2.40. The topological polar surface area (TPSA) is 31.4 Å². The minimum Gasteiger partial charge on any atom is -0.478 e. The fourth-order valence-electron chi connectivity index (χ4n) is 2.06. The molecule has 1 atom stereocenters. The highest BCUT2D eigenvalue weighted by atomic mass is 79.9. The lowest BCUT2D eigenvalue weighted by Crippen LogP contribution is -2.30. The fraction of sp³-hybridized carbons (Fsp3) is 0.583. The van der Waals surface area contributed by atoms with Crippen LogP contribution >= 0.6 is 15.9 Å². The van der Waals surface area contributed by atoms with E-state index in [0.717, 1.165) is 10.0 Å². The third kappa shape index (κ3) is 2.45. The van der Waals surface area contributed by atoms with Crippen LogP contribution in [0.4, 0.5) is 4.39 Å². The van der Waals surface area contributed by atoms with E-state index >= 15 is 0 Å². The molecule has 0 N–H and O–H groups in total. The Labute approximate surface area is 108 Å². The van der Waals surface area contributed by atoms with Crippen molar-refractivity contribution >= 4 is 15.9 Å². The maximum Gasteiger partial charge on any atom is 0.217 e. The molecule has 1 aliphatic rings. The minimum absolute atomic E-state index is 0.391. The summed E-state index contributed by atoms with van der Waals surface area (Å²) in [4.78, 5) is 4.21. The van der Waals surface area contributed by atoms with Gasteiger partial charge in [-0.25, -0.2) is 4.98 Å². The van der Waals surface area contributed by atoms with Gasteiger partial charge < -0.3 is 9.47 Å². The molecule has 17 heavy (non-hydrogen) atoms. The Kier molecular flexibility index (Phi) is 3.99. The lowest BCUT2D eigenvalue weighted by Gasteiger charge is -2.25. The van der Waals surface area contributed by atoms with Gasteiger partial charge in [0.25, 0.3) is 0 Å². The van der Waals surface area contributed by atoms with E-state index in [1.54, 1.807) is 6.20 Å². The maximum absolute atomic E-state index is 13.4. The monoisotopic (exact) mass is 303 g/mol. The van der Waals surface area contributed by atoms with Gasteiger partial charge in [0.2, 0.25) is 5.88 Å². The van der Waals surface area contributed by atoms with Crippen LogP contribution in [0.1, 0.15) is 18.9 Å². The molecule has 0 saturated carbocycles. The molecule has 2 heterocycles. The average molecular weight is 304 g/mol. The van der Waals surface area contributed by atoms with Crippen LogP contribution in [0, 0.1) is 0 Å². The molecule has 2 rings (SSSR count). The summed E-state index contributed by atoms with van der Waals surface area (Å²) < 4.78 is 25.1. The molecule has 0 unspecified atom stereocenters. The Bertz CT molecular complexity index is 394. The van der Waals surface area contributed by atoms with Gasteiger partial charge in [0.05, 0.1) is 18.6 Å². The van der Waals surface area contributed by atoms with E-state index in [1.165, 1.54) is 0 Å². The number of pyridine rings is 1. The molecule has 1 fully saturated rings. The fourth-order valence-corrected chi connectivity index (χ4v) is 2.39. The van der Waals surface area contributed by atoms with Gasteiger partial charge in [0.1, 0.15) is 6.67 Å². The quantitative estimate of drug-likeness (QED) is 0.857. The van der Waals surface area contributed by atoms with Crippen molar-refractivity contribution < 1.29 is 13.9 Å². The Balaban J connectivity index is 2.43. The van der Waals surface area contributed by atoms with Crippen LogP contribution in [0.2, 0.25) is 0 Å². The zero-order valence-corrected chi connectivity index (χ0v) is 11.3. The second-order valence-electron chi connectivity index (χ2n) is 4.16. The second-order valence-corrected chi connectivity index (χ2v) is 5.07. The number of hydrogen-bond donors (Lipinski definition) is 0. The van der Waals surface area contributed by atoms with Gasteiger partial charge in [0, 0.05) is 22.8 Å². The van der Waals surface area contributed by atoms with Gasteiger partial charge in [-0.1, -0.05) is 0 Å². The number of ether oxygens (including phenoxy) is 2. The van der Waals surface area contributed by atoms with Crippen molar-refractivity contribution in [1.82, 2.24) is 4.98 Å². The molecule has 3 nitrogen and oxygen atoms in total. The van der Waals surface area contributed by atoms with E-state index in [0.29, 0.717) is 32.1 Å². The molecular weight excluding hydrogens is 289 g/mol. The van der Waals surface area contributed by atoms with Crippen LogP contribution in [-0.2, 0) is 10.2 Å². The van der Waals surface area contributed by atoms with Gasteiger partial charge in [-0.05, 0) is 35.3 Å². The summed E-state index contributed by atoms with van der Waals surface area (Å²) in [6.45, 7) is 2.93. The molecular formula is C12H15BrFNO2. The van der Waals surface area contributed by atoms with Crippen LogP contribution in [-0.4, -0.2) is 31.5 Å². The minimum atomic E-state index is -0.596.